The molecule has 0 heterocycles. The Morgan fingerprint density at radius 3 is 2.69 bits per heavy atom. The molecular formula is C10H18O3. The number of ether oxygens (including phenoxy) is 1. The fraction of sp³-hybridized carbons (Fsp3) is 0.700. The molecule has 0 aliphatic rings. The first-order valence-corrected chi connectivity index (χ1v) is 4.61. The molecule has 3 heteroatoms. The maximum absolute atomic E-state index is 10.4. The minimum absolute atomic E-state index is 0.109. The van der Waals surface area contributed by atoms with Gasteiger partial charge in [-0.15, -0.1) is 0 Å². The summed E-state index contributed by atoms with van der Waals surface area (Å²) in [4.78, 5) is 10.4. The molecule has 0 aliphatic heterocycles. The molecule has 1 N–H and O–H groups in total. The minimum Gasteiger partial charge on any atom is -0.478 e. The summed E-state index contributed by atoms with van der Waals surface area (Å²) in [6.45, 7) is 6.21. The first-order chi connectivity index (χ1) is 6.07. The third-order valence-corrected chi connectivity index (χ3v) is 1.70. The Balaban J connectivity index is 3.78. The average Bonchev–Trinajstić information content (AvgIpc) is 2.04. The zero-order valence-electron chi connectivity index (χ0n) is 8.54. The monoisotopic (exact) mass is 186 g/mol. The van der Waals surface area contributed by atoms with Gasteiger partial charge in [-0.3, -0.25) is 0 Å². The van der Waals surface area contributed by atoms with Crippen LogP contribution in [0.1, 0.15) is 33.6 Å². The molecule has 0 spiro atoms. The van der Waals surface area contributed by atoms with E-state index < -0.39 is 5.97 Å². The van der Waals surface area contributed by atoms with E-state index in [1.165, 1.54) is 0 Å². The van der Waals surface area contributed by atoms with Gasteiger partial charge in [-0.2, -0.15) is 0 Å². The molecular weight excluding hydrogens is 168 g/mol. The standard InChI is InChI=1S/C10H18O3/c1-4-5-6-13-9(3)7-8(2)10(11)12/h7,9H,4-6H2,1-3H3,(H,11,12). The Labute approximate surface area is 79.4 Å². The van der Waals surface area contributed by atoms with Crippen LogP contribution in [0.15, 0.2) is 11.6 Å². The zero-order chi connectivity index (χ0) is 10.3. The summed E-state index contributed by atoms with van der Waals surface area (Å²) in [6.07, 6.45) is 3.62. The molecule has 0 rings (SSSR count). The molecule has 0 radical (unpaired) electrons. The van der Waals surface area contributed by atoms with Crippen molar-refractivity contribution in [3.63, 3.8) is 0 Å². The van der Waals surface area contributed by atoms with Gasteiger partial charge in [0.1, 0.15) is 0 Å². The number of hydrogen-bond acceptors (Lipinski definition) is 2. The van der Waals surface area contributed by atoms with Gasteiger partial charge in [0.15, 0.2) is 0 Å². The van der Waals surface area contributed by atoms with E-state index >= 15 is 0 Å². The maximum atomic E-state index is 10.4. The molecule has 0 fully saturated rings. The van der Waals surface area contributed by atoms with Crippen molar-refractivity contribution in [2.45, 2.75) is 39.7 Å². The van der Waals surface area contributed by atoms with Crippen LogP contribution in [-0.2, 0) is 9.53 Å². The van der Waals surface area contributed by atoms with Crippen LogP contribution in [0.4, 0.5) is 0 Å². The lowest BCUT2D eigenvalue weighted by molar-refractivity contribution is -0.132. The second-order valence-electron chi connectivity index (χ2n) is 3.08. The van der Waals surface area contributed by atoms with Crippen LogP contribution >= 0.6 is 0 Å². The summed E-state index contributed by atoms with van der Waals surface area (Å²) in [5.41, 5.74) is 0.337. The molecule has 0 bridgehead atoms. The molecule has 0 aliphatic carbocycles. The van der Waals surface area contributed by atoms with Crippen LogP contribution in [0.2, 0.25) is 0 Å². The number of carbonyl (C=O) groups is 1. The Morgan fingerprint density at radius 2 is 2.23 bits per heavy atom. The van der Waals surface area contributed by atoms with Gasteiger partial charge < -0.3 is 9.84 Å². The normalized spacial score (nSPS) is 14.2. The highest BCUT2D eigenvalue weighted by Gasteiger charge is 2.03. The van der Waals surface area contributed by atoms with Crippen LogP contribution in [0.25, 0.3) is 0 Å². The molecule has 0 aromatic rings. The van der Waals surface area contributed by atoms with Gasteiger partial charge in [-0.05, 0) is 26.3 Å². The number of carboxylic acid groups (broad SMARTS) is 1. The fourth-order valence-electron chi connectivity index (χ4n) is 0.885. The quantitative estimate of drug-likeness (QED) is 0.511. The Morgan fingerprint density at radius 1 is 1.62 bits per heavy atom. The Kier molecular flexibility index (Phi) is 6.24. The van der Waals surface area contributed by atoms with E-state index in [4.69, 9.17) is 9.84 Å². The fourth-order valence-corrected chi connectivity index (χ4v) is 0.885. The molecule has 0 saturated heterocycles. The van der Waals surface area contributed by atoms with E-state index in [0.29, 0.717) is 12.2 Å². The highest BCUT2D eigenvalue weighted by molar-refractivity contribution is 5.85. The zero-order valence-corrected chi connectivity index (χ0v) is 8.54. The van der Waals surface area contributed by atoms with Crippen molar-refractivity contribution in [3.05, 3.63) is 11.6 Å². The van der Waals surface area contributed by atoms with Crippen LogP contribution < -0.4 is 0 Å². The summed E-state index contributed by atoms with van der Waals surface area (Å²) >= 11 is 0. The summed E-state index contributed by atoms with van der Waals surface area (Å²) in [6, 6.07) is 0. The topological polar surface area (TPSA) is 46.5 Å². The van der Waals surface area contributed by atoms with Crippen molar-refractivity contribution in [2.24, 2.45) is 0 Å². The van der Waals surface area contributed by atoms with Crippen molar-refractivity contribution in [1.29, 1.82) is 0 Å². The van der Waals surface area contributed by atoms with E-state index in [1.807, 2.05) is 6.92 Å². The molecule has 1 unspecified atom stereocenters. The lowest BCUT2D eigenvalue weighted by atomic mass is 10.2. The first-order valence-electron chi connectivity index (χ1n) is 4.61. The summed E-state index contributed by atoms with van der Waals surface area (Å²) in [5, 5.41) is 8.58. The molecule has 0 aromatic carbocycles. The molecule has 76 valence electrons. The van der Waals surface area contributed by atoms with E-state index in [2.05, 4.69) is 6.92 Å². The van der Waals surface area contributed by atoms with E-state index in [0.717, 1.165) is 12.8 Å². The molecule has 13 heavy (non-hydrogen) atoms. The highest BCUT2D eigenvalue weighted by atomic mass is 16.5. The van der Waals surface area contributed by atoms with Crippen molar-refractivity contribution >= 4 is 5.97 Å². The van der Waals surface area contributed by atoms with Crippen LogP contribution in [0.3, 0.4) is 0 Å². The molecule has 3 nitrogen and oxygen atoms in total. The van der Waals surface area contributed by atoms with Crippen molar-refractivity contribution in [3.8, 4) is 0 Å². The maximum Gasteiger partial charge on any atom is 0.331 e. The molecule has 0 saturated carbocycles. The number of unbranched alkanes of at least 4 members (excludes halogenated alkanes) is 1. The van der Waals surface area contributed by atoms with Crippen LogP contribution in [0, 0.1) is 0 Å². The smallest absolute Gasteiger partial charge is 0.331 e. The number of hydrogen-bond donors (Lipinski definition) is 1. The predicted molar refractivity (Wildman–Crippen MR) is 51.7 cm³/mol. The summed E-state index contributed by atoms with van der Waals surface area (Å²) in [5.74, 6) is -0.883. The lowest BCUT2D eigenvalue weighted by Crippen LogP contribution is -2.08. The summed E-state index contributed by atoms with van der Waals surface area (Å²) < 4.78 is 5.36. The molecule has 0 aromatic heterocycles. The van der Waals surface area contributed by atoms with Gasteiger partial charge in [0.2, 0.25) is 0 Å². The molecule has 0 amide bonds. The SMILES string of the molecule is CCCCOC(C)C=C(C)C(=O)O. The largest absolute Gasteiger partial charge is 0.478 e. The highest BCUT2D eigenvalue weighted by Crippen LogP contribution is 2.01. The van der Waals surface area contributed by atoms with E-state index in [1.54, 1.807) is 13.0 Å². The van der Waals surface area contributed by atoms with Crippen molar-refractivity contribution in [1.82, 2.24) is 0 Å². The average molecular weight is 186 g/mol. The van der Waals surface area contributed by atoms with Gasteiger partial charge in [0, 0.05) is 12.2 Å². The van der Waals surface area contributed by atoms with Gasteiger partial charge in [-0.25, -0.2) is 4.79 Å². The van der Waals surface area contributed by atoms with Crippen LogP contribution in [-0.4, -0.2) is 23.8 Å². The number of rotatable bonds is 6. The Bertz CT molecular complexity index is 185. The van der Waals surface area contributed by atoms with Crippen molar-refractivity contribution in [2.75, 3.05) is 6.61 Å². The van der Waals surface area contributed by atoms with Gasteiger partial charge in [-0.1, -0.05) is 13.3 Å². The first kappa shape index (κ1) is 12.2. The van der Waals surface area contributed by atoms with E-state index in [-0.39, 0.29) is 6.10 Å². The predicted octanol–water partition coefficient (Wildman–Crippen LogP) is 2.22. The molecule has 1 atom stereocenters. The lowest BCUT2D eigenvalue weighted by Gasteiger charge is -2.08. The number of aliphatic carboxylic acids is 1. The van der Waals surface area contributed by atoms with E-state index in [9.17, 15) is 4.79 Å². The minimum atomic E-state index is -0.883. The van der Waals surface area contributed by atoms with Crippen molar-refractivity contribution < 1.29 is 14.6 Å². The third-order valence-electron chi connectivity index (χ3n) is 1.70. The summed E-state index contributed by atoms with van der Waals surface area (Å²) in [7, 11) is 0. The second kappa shape index (κ2) is 6.66. The van der Waals surface area contributed by atoms with Gasteiger partial charge in [0.25, 0.3) is 0 Å². The van der Waals surface area contributed by atoms with Gasteiger partial charge in [0.05, 0.1) is 6.10 Å². The Hall–Kier alpha value is -0.830. The third kappa shape index (κ3) is 6.34. The second-order valence-corrected chi connectivity index (χ2v) is 3.08. The van der Waals surface area contributed by atoms with Gasteiger partial charge >= 0.3 is 5.97 Å². The number of carboxylic acids is 1. The van der Waals surface area contributed by atoms with Crippen LogP contribution in [0.5, 0.6) is 0 Å².